The van der Waals surface area contributed by atoms with E-state index < -0.39 is 12.1 Å². The van der Waals surface area contributed by atoms with Gasteiger partial charge in [0.25, 0.3) is 0 Å². The lowest BCUT2D eigenvalue weighted by molar-refractivity contribution is -0.143. The number of hydrogen-bond acceptors (Lipinski definition) is 5. The zero-order valence-corrected chi connectivity index (χ0v) is 50.8. The lowest BCUT2D eigenvalue weighted by atomic mass is 10.0. The molecule has 0 aromatic rings. The Hall–Kier alpha value is -1.66. The number of unbranched alkanes of at least 4 members (excludes halogenated alkanes) is 49. The standard InChI is InChI=1S/C69H133NO5/c1-3-5-7-9-11-13-15-17-19-21-22-23-24-25-26-27-28-30-33-37-41-45-49-53-57-61-67(72)66(65-71)70-68(73)62-58-54-50-46-42-38-34-31-29-32-36-40-44-48-52-56-60-64-75-69(74)63-59-55-51-47-43-39-35-20-18-16-14-12-10-8-6-4-2/h14,16,20,35,66-67,71-72H,3-13,15,17-19,21-34,36-65H2,1-2H3,(H,70,73)/b16-14-,35-20-. The van der Waals surface area contributed by atoms with Gasteiger partial charge in [0.1, 0.15) is 0 Å². The number of aliphatic hydroxyl groups excluding tert-OH is 2. The van der Waals surface area contributed by atoms with E-state index in [1.165, 1.54) is 295 Å². The summed E-state index contributed by atoms with van der Waals surface area (Å²) in [7, 11) is 0. The third kappa shape index (κ3) is 61.4. The second-order valence-electron chi connectivity index (χ2n) is 23.5. The number of nitrogens with one attached hydrogen (secondary N) is 1. The Morgan fingerprint density at radius 3 is 1.03 bits per heavy atom. The summed E-state index contributed by atoms with van der Waals surface area (Å²) in [4.78, 5) is 24.6. The van der Waals surface area contributed by atoms with E-state index in [1.54, 1.807) is 0 Å². The zero-order chi connectivity index (χ0) is 54.3. The van der Waals surface area contributed by atoms with Crippen molar-refractivity contribution in [3.63, 3.8) is 0 Å². The highest BCUT2D eigenvalue weighted by Crippen LogP contribution is 2.19. The molecule has 0 aliphatic heterocycles. The van der Waals surface area contributed by atoms with E-state index >= 15 is 0 Å². The van der Waals surface area contributed by atoms with Crippen LogP contribution in [-0.2, 0) is 14.3 Å². The fourth-order valence-electron chi connectivity index (χ4n) is 10.8. The van der Waals surface area contributed by atoms with Crippen LogP contribution in [0.2, 0.25) is 0 Å². The van der Waals surface area contributed by atoms with Gasteiger partial charge >= 0.3 is 5.97 Å². The lowest BCUT2D eigenvalue weighted by Crippen LogP contribution is -2.45. The second kappa shape index (κ2) is 64.9. The number of allylic oxidation sites excluding steroid dienone is 4. The van der Waals surface area contributed by atoms with Gasteiger partial charge in [-0.15, -0.1) is 0 Å². The van der Waals surface area contributed by atoms with Gasteiger partial charge in [-0.05, 0) is 57.8 Å². The fraction of sp³-hybridized carbons (Fsp3) is 0.913. The molecule has 0 aromatic heterocycles. The Morgan fingerprint density at radius 2 is 0.667 bits per heavy atom. The molecule has 0 fully saturated rings. The van der Waals surface area contributed by atoms with Crippen molar-refractivity contribution in [2.24, 2.45) is 0 Å². The minimum absolute atomic E-state index is 0.00690. The molecule has 0 heterocycles. The molecule has 75 heavy (non-hydrogen) atoms. The Balaban J connectivity index is 3.41. The van der Waals surface area contributed by atoms with Crippen molar-refractivity contribution in [2.45, 2.75) is 392 Å². The van der Waals surface area contributed by atoms with E-state index in [4.69, 9.17) is 4.74 Å². The van der Waals surface area contributed by atoms with Crippen LogP contribution in [0.5, 0.6) is 0 Å². The molecule has 444 valence electrons. The highest BCUT2D eigenvalue weighted by molar-refractivity contribution is 5.76. The van der Waals surface area contributed by atoms with Crippen LogP contribution in [0.25, 0.3) is 0 Å². The first-order valence-corrected chi connectivity index (χ1v) is 34.1. The summed E-state index contributed by atoms with van der Waals surface area (Å²) < 4.78 is 5.48. The molecule has 0 rings (SSSR count). The molecule has 2 atom stereocenters. The monoisotopic (exact) mass is 1060 g/mol. The van der Waals surface area contributed by atoms with Crippen molar-refractivity contribution < 1.29 is 24.5 Å². The van der Waals surface area contributed by atoms with Crippen LogP contribution in [0.3, 0.4) is 0 Å². The zero-order valence-electron chi connectivity index (χ0n) is 50.8. The molecule has 0 aliphatic carbocycles. The maximum atomic E-state index is 12.6. The number of ether oxygens (including phenoxy) is 1. The Kier molecular flexibility index (Phi) is 63.4. The Bertz CT molecular complexity index is 1170. The first-order valence-electron chi connectivity index (χ1n) is 34.1. The third-order valence-corrected chi connectivity index (χ3v) is 16.0. The molecule has 0 bridgehead atoms. The van der Waals surface area contributed by atoms with Crippen molar-refractivity contribution >= 4 is 11.9 Å². The summed E-state index contributed by atoms with van der Waals surface area (Å²) in [5.41, 5.74) is 0. The number of carbonyl (C=O) groups excluding carboxylic acids is 2. The summed E-state index contributed by atoms with van der Waals surface area (Å²) in [5, 5.41) is 23.4. The third-order valence-electron chi connectivity index (χ3n) is 16.0. The maximum absolute atomic E-state index is 12.6. The van der Waals surface area contributed by atoms with Crippen LogP contribution in [-0.4, -0.2) is 47.4 Å². The van der Waals surface area contributed by atoms with Crippen molar-refractivity contribution in [3.05, 3.63) is 24.3 Å². The summed E-state index contributed by atoms with van der Waals surface area (Å²) in [6.07, 6.45) is 80.6. The van der Waals surface area contributed by atoms with Crippen molar-refractivity contribution in [1.29, 1.82) is 0 Å². The van der Waals surface area contributed by atoms with Gasteiger partial charge in [0.15, 0.2) is 0 Å². The van der Waals surface area contributed by atoms with Gasteiger partial charge in [-0.2, -0.15) is 0 Å². The predicted molar refractivity (Wildman–Crippen MR) is 329 cm³/mol. The van der Waals surface area contributed by atoms with Crippen LogP contribution in [0.4, 0.5) is 0 Å². The highest BCUT2D eigenvalue weighted by Gasteiger charge is 2.20. The minimum atomic E-state index is -0.670. The second-order valence-corrected chi connectivity index (χ2v) is 23.5. The highest BCUT2D eigenvalue weighted by atomic mass is 16.5. The molecule has 1 amide bonds. The molecule has 0 aromatic carbocycles. The average Bonchev–Trinajstić information content (AvgIpc) is 3.41. The number of hydrogen-bond donors (Lipinski definition) is 3. The molecule has 0 aliphatic rings. The number of aliphatic hydroxyl groups is 2. The maximum Gasteiger partial charge on any atom is 0.305 e. The van der Waals surface area contributed by atoms with E-state index in [-0.39, 0.29) is 18.5 Å². The Labute approximate surface area is 469 Å². The van der Waals surface area contributed by atoms with Crippen LogP contribution in [0.1, 0.15) is 380 Å². The van der Waals surface area contributed by atoms with Crippen LogP contribution >= 0.6 is 0 Å². The van der Waals surface area contributed by atoms with Crippen molar-refractivity contribution in [1.82, 2.24) is 5.32 Å². The molecule has 0 spiro atoms. The van der Waals surface area contributed by atoms with Gasteiger partial charge < -0.3 is 20.3 Å². The normalized spacial score (nSPS) is 12.6. The van der Waals surface area contributed by atoms with Gasteiger partial charge in [0.05, 0.1) is 25.4 Å². The summed E-state index contributed by atoms with van der Waals surface area (Å²) in [6.45, 7) is 4.95. The number of amides is 1. The molecule has 6 heteroatoms. The quantitative estimate of drug-likeness (QED) is 0.0320. The number of carbonyl (C=O) groups is 2. The molecule has 0 radical (unpaired) electrons. The smallest absolute Gasteiger partial charge is 0.305 e. The van der Waals surface area contributed by atoms with Crippen molar-refractivity contribution in [3.8, 4) is 0 Å². The largest absolute Gasteiger partial charge is 0.466 e. The van der Waals surface area contributed by atoms with Crippen molar-refractivity contribution in [2.75, 3.05) is 13.2 Å². The first kappa shape index (κ1) is 73.3. The van der Waals surface area contributed by atoms with E-state index in [1.807, 2.05) is 0 Å². The van der Waals surface area contributed by atoms with Gasteiger partial charge in [-0.1, -0.05) is 334 Å². The first-order chi connectivity index (χ1) is 37.0. The summed E-state index contributed by atoms with van der Waals surface area (Å²) in [6, 6.07) is -0.548. The number of rotatable bonds is 64. The van der Waals surface area contributed by atoms with E-state index in [9.17, 15) is 19.8 Å². The molecular formula is C69H133NO5. The van der Waals surface area contributed by atoms with Gasteiger partial charge in [0.2, 0.25) is 5.91 Å². The summed E-state index contributed by atoms with van der Waals surface area (Å²) >= 11 is 0. The number of esters is 1. The topological polar surface area (TPSA) is 95.9 Å². The minimum Gasteiger partial charge on any atom is -0.466 e. The predicted octanol–water partition coefficient (Wildman–Crippen LogP) is 21.8. The molecule has 6 nitrogen and oxygen atoms in total. The van der Waals surface area contributed by atoms with E-state index in [2.05, 4.69) is 43.5 Å². The molecular weight excluding hydrogens is 923 g/mol. The van der Waals surface area contributed by atoms with E-state index in [0.29, 0.717) is 25.9 Å². The molecule has 0 saturated heterocycles. The van der Waals surface area contributed by atoms with Gasteiger partial charge in [-0.25, -0.2) is 0 Å². The van der Waals surface area contributed by atoms with Crippen LogP contribution in [0.15, 0.2) is 24.3 Å². The lowest BCUT2D eigenvalue weighted by Gasteiger charge is -2.22. The molecule has 0 saturated carbocycles. The average molecular weight is 1060 g/mol. The Morgan fingerprint density at radius 1 is 0.373 bits per heavy atom. The summed E-state index contributed by atoms with van der Waals surface area (Å²) in [5.74, 6) is -0.0431. The van der Waals surface area contributed by atoms with Crippen LogP contribution in [0, 0.1) is 0 Å². The fourth-order valence-corrected chi connectivity index (χ4v) is 10.8. The molecule has 2 unspecified atom stereocenters. The molecule has 3 N–H and O–H groups in total. The van der Waals surface area contributed by atoms with Gasteiger partial charge in [0, 0.05) is 12.8 Å². The van der Waals surface area contributed by atoms with Crippen LogP contribution < -0.4 is 5.32 Å². The van der Waals surface area contributed by atoms with Gasteiger partial charge in [-0.3, -0.25) is 9.59 Å². The SMILES string of the molecule is CCCCCC/C=C\C/C=C\CCCCCCCC(=O)OCCCCCCCCCCCCCCCCCCCC(=O)NC(CO)C(O)CCCCCCCCCCCCCCCCCCCCCCCCCCC. The van der Waals surface area contributed by atoms with E-state index in [0.717, 1.165) is 51.4 Å².